The van der Waals surface area contributed by atoms with Gasteiger partial charge in [0.15, 0.2) is 11.5 Å². The molecule has 1 aromatic carbocycles. The number of methoxy groups -OCH3 is 2. The first-order valence-corrected chi connectivity index (χ1v) is 11.7. The van der Waals surface area contributed by atoms with Crippen molar-refractivity contribution in [2.45, 2.75) is 25.7 Å². The molecule has 2 N–H and O–H groups in total. The van der Waals surface area contributed by atoms with Gasteiger partial charge in [0, 0.05) is 13.1 Å². The quantitative estimate of drug-likeness (QED) is 0.359. The molecule has 156 valence electrons. The molecule has 0 saturated heterocycles. The maximum absolute atomic E-state index is 10.9. The minimum Gasteiger partial charge on any atom is -0.493 e. The normalized spacial score (nSPS) is 12.0. The zero-order chi connectivity index (χ0) is 20.5. The fraction of sp³-hybridized carbons (Fsp3) is 0.625. The van der Waals surface area contributed by atoms with Gasteiger partial charge in [-0.25, -0.2) is 0 Å². The van der Waals surface area contributed by atoms with Crippen LogP contribution in [-0.2, 0) is 20.2 Å². The molecule has 0 saturated carbocycles. The van der Waals surface area contributed by atoms with Gasteiger partial charge in [-0.3, -0.25) is 9.11 Å². The molecule has 0 unspecified atom stereocenters. The van der Waals surface area contributed by atoms with Gasteiger partial charge < -0.3 is 14.4 Å². The molecule has 27 heavy (non-hydrogen) atoms. The first-order valence-electron chi connectivity index (χ1n) is 8.43. The summed E-state index contributed by atoms with van der Waals surface area (Å²) in [5, 5.41) is 0. The number of hydrogen-bond acceptors (Lipinski definition) is 7. The van der Waals surface area contributed by atoms with Gasteiger partial charge in [-0.05, 0) is 37.8 Å². The first-order chi connectivity index (χ1) is 12.6. The molecule has 0 fully saturated rings. The van der Waals surface area contributed by atoms with Crippen LogP contribution in [0.15, 0.2) is 18.2 Å². The maximum atomic E-state index is 10.9. The molecule has 0 aliphatic rings. The third kappa shape index (κ3) is 9.27. The summed E-state index contributed by atoms with van der Waals surface area (Å²) in [4.78, 5) is 1.94. The third-order valence-corrected chi connectivity index (χ3v) is 5.49. The zero-order valence-electron chi connectivity index (χ0n) is 15.5. The Kier molecular flexibility index (Phi) is 9.30. The molecule has 0 aliphatic heterocycles. The largest absolute Gasteiger partial charge is 0.493 e. The fourth-order valence-electron chi connectivity index (χ4n) is 2.65. The molecule has 0 spiro atoms. The Labute approximate surface area is 160 Å². The number of para-hydroxylation sites is 1. The summed E-state index contributed by atoms with van der Waals surface area (Å²) in [5.74, 6) is 0.415. The van der Waals surface area contributed by atoms with Gasteiger partial charge in [0.05, 0.1) is 31.4 Å². The average molecular weight is 426 g/mol. The second-order valence-electron chi connectivity index (χ2n) is 5.99. The molecular formula is C16H27NO8S2. The molecular weight excluding hydrogens is 398 g/mol. The Morgan fingerprint density at radius 2 is 1.37 bits per heavy atom. The van der Waals surface area contributed by atoms with Crippen molar-refractivity contribution in [1.29, 1.82) is 0 Å². The maximum Gasteiger partial charge on any atom is 0.264 e. The van der Waals surface area contributed by atoms with Crippen LogP contribution in [0.3, 0.4) is 0 Å². The van der Waals surface area contributed by atoms with Gasteiger partial charge in [0.25, 0.3) is 20.2 Å². The van der Waals surface area contributed by atoms with Crippen LogP contribution in [0.1, 0.15) is 25.7 Å². The second-order valence-corrected chi connectivity index (χ2v) is 9.13. The lowest BCUT2D eigenvalue weighted by molar-refractivity contribution is 0.355. The van der Waals surface area contributed by atoms with E-state index in [-0.39, 0.29) is 24.3 Å². The van der Waals surface area contributed by atoms with Gasteiger partial charge in [-0.2, -0.15) is 16.8 Å². The lowest BCUT2D eigenvalue weighted by atomic mass is 10.2. The lowest BCUT2D eigenvalue weighted by Crippen LogP contribution is -2.27. The predicted molar refractivity (Wildman–Crippen MR) is 103 cm³/mol. The highest BCUT2D eigenvalue weighted by Gasteiger charge is 2.16. The molecule has 1 aromatic rings. The third-order valence-electron chi connectivity index (χ3n) is 3.88. The van der Waals surface area contributed by atoms with Gasteiger partial charge in [0.2, 0.25) is 0 Å². The van der Waals surface area contributed by atoms with Crippen molar-refractivity contribution in [3.63, 3.8) is 0 Å². The molecule has 0 aromatic heterocycles. The van der Waals surface area contributed by atoms with Crippen LogP contribution in [-0.4, -0.2) is 64.8 Å². The van der Waals surface area contributed by atoms with E-state index < -0.39 is 20.2 Å². The minimum absolute atomic E-state index is 0.284. The molecule has 0 aliphatic carbocycles. The predicted octanol–water partition coefficient (Wildman–Crippen LogP) is 1.85. The van der Waals surface area contributed by atoms with E-state index in [1.54, 1.807) is 12.1 Å². The van der Waals surface area contributed by atoms with E-state index in [1.165, 1.54) is 14.2 Å². The summed E-state index contributed by atoms with van der Waals surface area (Å²) in [7, 11) is -4.98. The van der Waals surface area contributed by atoms with Gasteiger partial charge >= 0.3 is 0 Å². The molecule has 0 radical (unpaired) electrons. The number of ether oxygens (including phenoxy) is 2. The van der Waals surface area contributed by atoms with Crippen molar-refractivity contribution >= 4 is 25.9 Å². The van der Waals surface area contributed by atoms with Gasteiger partial charge in [0.1, 0.15) is 0 Å². The van der Waals surface area contributed by atoms with Crippen LogP contribution in [0, 0.1) is 0 Å². The SMILES string of the molecule is COc1cccc(N(CCCCS(=O)(=O)O)CCCCS(=O)(=O)O)c1OC. The molecule has 0 amide bonds. The standard InChI is InChI=1S/C16H27NO8S2/c1-24-15-9-7-8-14(16(15)25-2)17(10-3-5-12-26(18,19)20)11-4-6-13-27(21,22)23/h7-9H,3-6,10-13H2,1-2H3,(H,18,19,20)(H,21,22,23). The number of nitrogens with zero attached hydrogens (tertiary/aromatic N) is 1. The van der Waals surface area contributed by atoms with E-state index >= 15 is 0 Å². The van der Waals surface area contributed by atoms with Gasteiger partial charge in [-0.15, -0.1) is 0 Å². The summed E-state index contributed by atoms with van der Waals surface area (Å²) in [5.41, 5.74) is 0.732. The van der Waals surface area contributed by atoms with Crippen LogP contribution in [0.4, 0.5) is 5.69 Å². The summed E-state index contributed by atoms with van der Waals surface area (Å²) in [6.45, 7) is 0.954. The molecule has 1 rings (SSSR count). The highest BCUT2D eigenvalue weighted by molar-refractivity contribution is 7.86. The van der Waals surface area contributed by atoms with Crippen LogP contribution >= 0.6 is 0 Å². The summed E-state index contributed by atoms with van der Waals surface area (Å²) in [6, 6.07) is 5.37. The summed E-state index contributed by atoms with van der Waals surface area (Å²) >= 11 is 0. The van der Waals surface area contributed by atoms with Crippen molar-refractivity contribution < 1.29 is 35.4 Å². The molecule has 11 heteroatoms. The first kappa shape index (κ1) is 23.5. The highest BCUT2D eigenvalue weighted by atomic mass is 32.2. The Balaban J connectivity index is 2.86. The van der Waals surface area contributed by atoms with E-state index in [2.05, 4.69) is 0 Å². The average Bonchev–Trinajstić information content (AvgIpc) is 2.57. The van der Waals surface area contributed by atoms with E-state index in [0.717, 1.165) is 5.69 Å². The summed E-state index contributed by atoms with van der Waals surface area (Å²) < 4.78 is 71.8. The van der Waals surface area contributed by atoms with Crippen molar-refractivity contribution in [3.05, 3.63) is 18.2 Å². The van der Waals surface area contributed by atoms with Crippen LogP contribution in [0.5, 0.6) is 11.5 Å². The number of rotatable bonds is 13. The Bertz CT molecular complexity index is 753. The van der Waals surface area contributed by atoms with Crippen molar-refractivity contribution in [2.75, 3.05) is 43.7 Å². The molecule has 0 atom stereocenters. The molecule has 9 nitrogen and oxygen atoms in total. The fourth-order valence-corrected chi connectivity index (χ4v) is 3.78. The Morgan fingerprint density at radius 3 is 1.78 bits per heavy atom. The lowest BCUT2D eigenvalue weighted by Gasteiger charge is -2.27. The smallest absolute Gasteiger partial charge is 0.264 e. The van der Waals surface area contributed by atoms with E-state index in [9.17, 15) is 16.8 Å². The topological polar surface area (TPSA) is 130 Å². The monoisotopic (exact) mass is 425 g/mol. The number of benzene rings is 1. The van der Waals surface area contributed by atoms with Crippen molar-refractivity contribution in [2.24, 2.45) is 0 Å². The number of hydrogen-bond donors (Lipinski definition) is 2. The number of unbranched alkanes of at least 4 members (excludes halogenated alkanes) is 2. The van der Waals surface area contributed by atoms with E-state index in [1.807, 2.05) is 11.0 Å². The molecule has 0 heterocycles. The van der Waals surface area contributed by atoms with E-state index in [4.69, 9.17) is 18.6 Å². The highest BCUT2D eigenvalue weighted by Crippen LogP contribution is 2.37. The van der Waals surface area contributed by atoms with Gasteiger partial charge in [-0.1, -0.05) is 6.07 Å². The number of anilines is 1. The van der Waals surface area contributed by atoms with E-state index in [0.29, 0.717) is 37.4 Å². The van der Waals surface area contributed by atoms with Crippen molar-refractivity contribution in [1.82, 2.24) is 0 Å². The van der Waals surface area contributed by atoms with Crippen LogP contribution < -0.4 is 14.4 Å². The Morgan fingerprint density at radius 1 is 0.852 bits per heavy atom. The Hall–Kier alpha value is -1.56. The van der Waals surface area contributed by atoms with Crippen molar-refractivity contribution in [3.8, 4) is 11.5 Å². The summed E-state index contributed by atoms with van der Waals surface area (Å²) in [6.07, 6.45) is 1.57. The van der Waals surface area contributed by atoms with Crippen LogP contribution in [0.2, 0.25) is 0 Å². The second kappa shape index (κ2) is 10.7. The minimum atomic E-state index is -4.01. The van der Waals surface area contributed by atoms with Crippen LogP contribution in [0.25, 0.3) is 0 Å². The zero-order valence-corrected chi connectivity index (χ0v) is 17.1. The molecule has 0 bridgehead atoms.